The number of rotatable bonds is 14. The molecule has 1 heterocycles. The molecule has 6 N–H and O–H groups in total. The van der Waals surface area contributed by atoms with E-state index >= 15 is 0 Å². The molecule has 0 bridgehead atoms. The Hall–Kier alpha value is -4.45. The number of hydrogen-bond acceptors (Lipinski definition) is 7. The first-order valence-electron chi connectivity index (χ1n) is 15.8. The molecule has 46 heavy (non-hydrogen) atoms. The number of likely N-dealkylation sites (tertiary alicyclic amines) is 1. The number of amides is 5. The predicted molar refractivity (Wildman–Crippen MR) is 174 cm³/mol. The number of alkyl carbamates (subject to hydrolysis) is 1. The Labute approximate surface area is 271 Å². The first-order chi connectivity index (χ1) is 22.0. The van der Waals surface area contributed by atoms with Crippen LogP contribution in [0.2, 0.25) is 0 Å². The van der Waals surface area contributed by atoms with Crippen LogP contribution in [-0.4, -0.2) is 85.0 Å². The Bertz CT molecular complexity index is 1300. The maximum atomic E-state index is 13.7. The highest BCUT2D eigenvalue weighted by Gasteiger charge is 2.32. The van der Waals surface area contributed by atoms with Crippen LogP contribution in [0.3, 0.4) is 0 Å². The van der Waals surface area contributed by atoms with Gasteiger partial charge in [-0.25, -0.2) is 4.79 Å². The van der Waals surface area contributed by atoms with Gasteiger partial charge in [-0.15, -0.1) is 0 Å². The van der Waals surface area contributed by atoms with Gasteiger partial charge < -0.3 is 36.6 Å². The molecule has 2 aromatic rings. The fraction of sp³-hybridized carbons (Fsp3) is 0.500. The van der Waals surface area contributed by atoms with Gasteiger partial charge in [0, 0.05) is 25.6 Å². The van der Waals surface area contributed by atoms with Crippen molar-refractivity contribution < 1.29 is 28.7 Å². The molecule has 2 aromatic carbocycles. The molecule has 12 heteroatoms. The van der Waals surface area contributed by atoms with Crippen molar-refractivity contribution in [2.45, 2.75) is 83.1 Å². The van der Waals surface area contributed by atoms with Crippen molar-refractivity contribution in [1.82, 2.24) is 26.2 Å². The van der Waals surface area contributed by atoms with E-state index in [0.717, 1.165) is 11.1 Å². The smallest absolute Gasteiger partial charge is 0.407 e. The van der Waals surface area contributed by atoms with Gasteiger partial charge in [0.1, 0.15) is 18.1 Å². The minimum Gasteiger partial charge on any atom is -0.453 e. The van der Waals surface area contributed by atoms with Gasteiger partial charge >= 0.3 is 6.09 Å². The van der Waals surface area contributed by atoms with Gasteiger partial charge in [-0.1, -0.05) is 74.5 Å². The second-order valence-electron chi connectivity index (χ2n) is 12.2. The highest BCUT2D eigenvalue weighted by atomic mass is 16.5. The molecule has 3 rings (SSSR count). The molecule has 1 aliphatic heterocycles. The molecular formula is C34H48N6O6. The number of nitrogens with one attached hydrogen (secondary N) is 4. The summed E-state index contributed by atoms with van der Waals surface area (Å²) in [6.45, 7) is 6.32. The second-order valence-corrected chi connectivity index (χ2v) is 12.2. The van der Waals surface area contributed by atoms with Crippen LogP contribution >= 0.6 is 0 Å². The molecule has 5 amide bonds. The third kappa shape index (κ3) is 11.5. The summed E-state index contributed by atoms with van der Waals surface area (Å²) in [5.41, 5.74) is 7.94. The summed E-state index contributed by atoms with van der Waals surface area (Å²) in [5, 5.41) is 11.2. The number of methoxy groups -OCH3 is 1. The molecule has 0 unspecified atom stereocenters. The number of ether oxygens (including phenoxy) is 1. The van der Waals surface area contributed by atoms with Crippen LogP contribution < -0.4 is 27.0 Å². The summed E-state index contributed by atoms with van der Waals surface area (Å²) in [7, 11) is 1.30. The lowest BCUT2D eigenvalue weighted by atomic mass is 10.00. The largest absolute Gasteiger partial charge is 0.453 e. The van der Waals surface area contributed by atoms with Crippen molar-refractivity contribution in [2.75, 3.05) is 20.2 Å². The maximum absolute atomic E-state index is 13.7. The van der Waals surface area contributed by atoms with Gasteiger partial charge in [0.15, 0.2) is 0 Å². The van der Waals surface area contributed by atoms with Crippen LogP contribution in [0.15, 0.2) is 60.7 Å². The minimum atomic E-state index is -0.988. The SMILES string of the molecule is COC(=O)NC1CCN(C(=O)[C@@H](C)NC(=O)[C@@H](CC(C)C)NC(=O)[C@@H](Cc2ccccc2)NC(=O)[C@H](N)Cc2ccccc2)CC1. The predicted octanol–water partition coefficient (Wildman–Crippen LogP) is 1.67. The van der Waals surface area contributed by atoms with Gasteiger partial charge in [-0.05, 0) is 49.7 Å². The zero-order valence-electron chi connectivity index (χ0n) is 27.2. The second kappa shape index (κ2) is 17.9. The number of nitrogens with two attached hydrogens (primary N) is 1. The van der Waals surface area contributed by atoms with E-state index in [1.807, 2.05) is 74.5 Å². The van der Waals surface area contributed by atoms with E-state index in [1.165, 1.54) is 7.11 Å². The number of hydrogen-bond donors (Lipinski definition) is 5. The van der Waals surface area contributed by atoms with Crippen molar-refractivity contribution in [2.24, 2.45) is 11.7 Å². The molecule has 0 radical (unpaired) electrons. The number of benzene rings is 2. The van der Waals surface area contributed by atoms with Gasteiger partial charge in [0.2, 0.25) is 23.6 Å². The fourth-order valence-corrected chi connectivity index (χ4v) is 5.39. The average molecular weight is 637 g/mol. The quantitative estimate of drug-likeness (QED) is 0.210. The summed E-state index contributed by atoms with van der Waals surface area (Å²) >= 11 is 0. The molecular weight excluding hydrogens is 588 g/mol. The summed E-state index contributed by atoms with van der Waals surface area (Å²) in [6, 6.07) is 14.9. The Kier molecular flexibility index (Phi) is 14.0. The van der Waals surface area contributed by atoms with Crippen molar-refractivity contribution in [3.05, 3.63) is 71.8 Å². The summed E-state index contributed by atoms with van der Waals surface area (Å²) in [6.07, 6.45) is 1.44. The van der Waals surface area contributed by atoms with Crippen molar-refractivity contribution in [1.29, 1.82) is 0 Å². The third-order valence-electron chi connectivity index (χ3n) is 7.93. The molecule has 4 atom stereocenters. The van der Waals surface area contributed by atoms with E-state index in [-0.39, 0.29) is 24.3 Å². The standard InChI is InChI=1S/C34H48N6O6/c1-22(2)19-28(31(42)36-23(3)33(44)40-17-15-26(16-18-40)37-34(45)46-4)39-32(43)29(21-25-13-9-6-10-14-25)38-30(41)27(35)20-24-11-7-5-8-12-24/h5-14,22-23,26-29H,15-21,35H2,1-4H3,(H,36,42)(H,37,45)(H,38,41)(H,39,43)/t23-,27-,28-,29-/m1/s1. The third-order valence-corrected chi connectivity index (χ3v) is 7.93. The highest BCUT2D eigenvalue weighted by Crippen LogP contribution is 2.13. The van der Waals surface area contributed by atoms with Crippen LogP contribution in [-0.2, 0) is 36.8 Å². The molecule has 0 aliphatic carbocycles. The lowest BCUT2D eigenvalue weighted by molar-refractivity contribution is -0.138. The van der Waals surface area contributed by atoms with E-state index < -0.39 is 48.0 Å². The first kappa shape index (κ1) is 36.0. The molecule has 0 aromatic heterocycles. The number of piperidine rings is 1. The Morgan fingerprint density at radius 3 is 1.85 bits per heavy atom. The maximum Gasteiger partial charge on any atom is 0.407 e. The van der Waals surface area contributed by atoms with Gasteiger partial charge in [-0.3, -0.25) is 19.2 Å². The first-order valence-corrected chi connectivity index (χ1v) is 15.8. The summed E-state index contributed by atoms with van der Waals surface area (Å²) < 4.78 is 4.65. The topological polar surface area (TPSA) is 172 Å². The van der Waals surface area contributed by atoms with Crippen molar-refractivity contribution in [3.63, 3.8) is 0 Å². The monoisotopic (exact) mass is 636 g/mol. The van der Waals surface area contributed by atoms with Crippen LogP contribution in [0.1, 0.15) is 51.2 Å². The van der Waals surface area contributed by atoms with Gasteiger partial charge in [0.05, 0.1) is 13.2 Å². The van der Waals surface area contributed by atoms with Crippen LogP contribution in [0.4, 0.5) is 4.79 Å². The van der Waals surface area contributed by atoms with E-state index in [0.29, 0.717) is 38.8 Å². The number of carbonyl (C=O) groups excluding carboxylic acids is 5. The van der Waals surface area contributed by atoms with Crippen LogP contribution in [0, 0.1) is 5.92 Å². The zero-order valence-corrected chi connectivity index (χ0v) is 27.2. The lowest BCUT2D eigenvalue weighted by Gasteiger charge is -2.34. The van der Waals surface area contributed by atoms with Crippen LogP contribution in [0.5, 0.6) is 0 Å². The van der Waals surface area contributed by atoms with Gasteiger partial charge in [0.25, 0.3) is 0 Å². The molecule has 0 spiro atoms. The Balaban J connectivity index is 1.65. The van der Waals surface area contributed by atoms with E-state index in [1.54, 1.807) is 11.8 Å². The van der Waals surface area contributed by atoms with Crippen LogP contribution in [0.25, 0.3) is 0 Å². The summed E-state index contributed by atoms with van der Waals surface area (Å²) in [5.74, 6) is -1.69. The Morgan fingerprint density at radius 2 is 1.30 bits per heavy atom. The van der Waals surface area contributed by atoms with E-state index in [4.69, 9.17) is 5.73 Å². The fourth-order valence-electron chi connectivity index (χ4n) is 5.39. The van der Waals surface area contributed by atoms with Gasteiger partial charge in [-0.2, -0.15) is 0 Å². The minimum absolute atomic E-state index is 0.0462. The lowest BCUT2D eigenvalue weighted by Crippen LogP contribution is -2.58. The molecule has 0 saturated carbocycles. The zero-order chi connectivity index (χ0) is 33.6. The number of carbonyl (C=O) groups is 5. The molecule has 1 aliphatic rings. The summed E-state index contributed by atoms with van der Waals surface area (Å²) in [4.78, 5) is 66.6. The van der Waals surface area contributed by atoms with Crippen molar-refractivity contribution >= 4 is 29.7 Å². The molecule has 1 saturated heterocycles. The average Bonchev–Trinajstić information content (AvgIpc) is 3.04. The van der Waals surface area contributed by atoms with E-state index in [2.05, 4.69) is 26.0 Å². The van der Waals surface area contributed by atoms with E-state index in [9.17, 15) is 24.0 Å². The molecule has 12 nitrogen and oxygen atoms in total. The molecule has 250 valence electrons. The highest BCUT2D eigenvalue weighted by molar-refractivity contribution is 5.95. The van der Waals surface area contributed by atoms with Crippen molar-refractivity contribution in [3.8, 4) is 0 Å². The Morgan fingerprint density at radius 1 is 0.783 bits per heavy atom. The molecule has 1 fully saturated rings. The number of nitrogens with zero attached hydrogens (tertiary/aromatic N) is 1. The normalized spacial score (nSPS) is 16.0.